The van der Waals surface area contributed by atoms with Crippen molar-refractivity contribution < 1.29 is 14.3 Å². The molecule has 0 radical (unpaired) electrons. The van der Waals surface area contributed by atoms with Gasteiger partial charge in [-0.2, -0.15) is 0 Å². The Hall–Kier alpha value is -0.870. The van der Waals surface area contributed by atoms with E-state index in [0.29, 0.717) is 12.2 Å². The van der Waals surface area contributed by atoms with Gasteiger partial charge in [0.25, 0.3) is 0 Å². The minimum atomic E-state index is -0.514. The van der Waals surface area contributed by atoms with Gasteiger partial charge in [-0.25, -0.2) is 4.79 Å². The minimum Gasteiger partial charge on any atom is -0.433 e. The molecule has 0 rings (SSSR count). The zero-order valence-corrected chi connectivity index (χ0v) is 10.8. The van der Waals surface area contributed by atoms with Crippen molar-refractivity contribution in [2.75, 3.05) is 26.2 Å². The van der Waals surface area contributed by atoms with Crippen molar-refractivity contribution in [3.63, 3.8) is 0 Å². The Bertz CT molecular complexity index is 224. The molecule has 0 heterocycles. The van der Waals surface area contributed by atoms with Gasteiger partial charge in [0, 0.05) is 12.1 Å². The van der Waals surface area contributed by atoms with E-state index < -0.39 is 12.3 Å². The molecule has 4 nitrogen and oxygen atoms in total. The van der Waals surface area contributed by atoms with E-state index in [1.807, 2.05) is 0 Å². The van der Waals surface area contributed by atoms with Gasteiger partial charge in [0.2, 0.25) is 6.29 Å². The molecule has 0 bridgehead atoms. The number of nitrogens with zero attached hydrogens (tertiary/aromatic N) is 1. The summed E-state index contributed by atoms with van der Waals surface area (Å²) < 4.78 is 10.4. The lowest BCUT2D eigenvalue weighted by atomic mass is 10.4. The lowest BCUT2D eigenvalue weighted by Gasteiger charge is -2.19. The fourth-order valence-electron chi connectivity index (χ4n) is 1.17. The van der Waals surface area contributed by atoms with E-state index >= 15 is 0 Å². The molecular formula is C12H23NO3. The van der Waals surface area contributed by atoms with Gasteiger partial charge in [-0.3, -0.25) is 0 Å². The Morgan fingerprint density at radius 1 is 1.38 bits per heavy atom. The monoisotopic (exact) mass is 229 g/mol. The Labute approximate surface area is 98.2 Å². The van der Waals surface area contributed by atoms with E-state index in [9.17, 15) is 4.79 Å². The first-order chi connectivity index (χ1) is 7.51. The van der Waals surface area contributed by atoms with Crippen LogP contribution in [0.15, 0.2) is 12.2 Å². The standard InChI is InChI=1S/C12H23NO3/c1-6-13(7-2)8-9-15-11(5)16-12(14)10(3)4/h11H,3,6-9H2,1-2,4-5H3. The van der Waals surface area contributed by atoms with Crippen molar-refractivity contribution in [3.8, 4) is 0 Å². The summed E-state index contributed by atoms with van der Waals surface area (Å²) in [5.74, 6) is -0.407. The van der Waals surface area contributed by atoms with Crippen LogP contribution in [-0.2, 0) is 14.3 Å². The zero-order valence-electron chi connectivity index (χ0n) is 10.8. The van der Waals surface area contributed by atoms with Gasteiger partial charge in [0.15, 0.2) is 0 Å². The molecule has 0 aromatic rings. The van der Waals surface area contributed by atoms with Crippen LogP contribution in [-0.4, -0.2) is 43.4 Å². The summed E-state index contributed by atoms with van der Waals surface area (Å²) in [6, 6.07) is 0. The van der Waals surface area contributed by atoms with E-state index in [1.165, 1.54) is 0 Å². The van der Waals surface area contributed by atoms with Crippen LogP contribution in [0.3, 0.4) is 0 Å². The maximum atomic E-state index is 11.2. The highest BCUT2D eigenvalue weighted by atomic mass is 16.7. The summed E-state index contributed by atoms with van der Waals surface area (Å²) in [5.41, 5.74) is 0.388. The van der Waals surface area contributed by atoms with Crippen LogP contribution in [0.1, 0.15) is 27.7 Å². The number of hydrogen-bond donors (Lipinski definition) is 0. The third-order valence-electron chi connectivity index (χ3n) is 2.28. The van der Waals surface area contributed by atoms with Crippen LogP contribution in [0, 0.1) is 0 Å². The number of likely N-dealkylation sites (N-methyl/N-ethyl adjacent to an activating group) is 1. The molecule has 0 aromatic heterocycles. The van der Waals surface area contributed by atoms with Crippen LogP contribution in [0.5, 0.6) is 0 Å². The maximum Gasteiger partial charge on any atom is 0.335 e. The first kappa shape index (κ1) is 15.1. The molecule has 4 heteroatoms. The van der Waals surface area contributed by atoms with Gasteiger partial charge in [0.05, 0.1) is 6.61 Å². The number of rotatable bonds is 8. The highest BCUT2D eigenvalue weighted by molar-refractivity contribution is 5.86. The normalized spacial score (nSPS) is 12.6. The van der Waals surface area contributed by atoms with Crippen LogP contribution >= 0.6 is 0 Å². The van der Waals surface area contributed by atoms with Crippen LogP contribution < -0.4 is 0 Å². The smallest absolute Gasteiger partial charge is 0.335 e. The second-order valence-corrected chi connectivity index (χ2v) is 3.65. The number of ether oxygens (including phenoxy) is 2. The largest absolute Gasteiger partial charge is 0.433 e. The molecule has 0 aliphatic heterocycles. The fourth-order valence-corrected chi connectivity index (χ4v) is 1.17. The topological polar surface area (TPSA) is 38.8 Å². The summed E-state index contributed by atoms with van der Waals surface area (Å²) in [5, 5.41) is 0. The summed E-state index contributed by atoms with van der Waals surface area (Å²) in [6.07, 6.45) is -0.514. The van der Waals surface area contributed by atoms with E-state index in [1.54, 1.807) is 13.8 Å². The van der Waals surface area contributed by atoms with Gasteiger partial charge < -0.3 is 14.4 Å². The third-order valence-corrected chi connectivity index (χ3v) is 2.28. The van der Waals surface area contributed by atoms with Gasteiger partial charge in [-0.1, -0.05) is 20.4 Å². The molecule has 0 spiro atoms. The zero-order chi connectivity index (χ0) is 12.6. The SMILES string of the molecule is C=C(C)C(=O)OC(C)OCCN(CC)CC. The molecule has 0 N–H and O–H groups in total. The minimum absolute atomic E-state index is 0.388. The second kappa shape index (κ2) is 8.30. The van der Waals surface area contributed by atoms with E-state index in [-0.39, 0.29) is 0 Å². The van der Waals surface area contributed by atoms with Crippen LogP contribution in [0.25, 0.3) is 0 Å². The Morgan fingerprint density at radius 3 is 2.38 bits per heavy atom. The number of carbonyl (C=O) groups is 1. The molecule has 0 amide bonds. The molecule has 0 aromatic carbocycles. The predicted octanol–water partition coefficient (Wildman–Crippen LogP) is 1.81. The van der Waals surface area contributed by atoms with Crippen molar-refractivity contribution in [2.45, 2.75) is 34.0 Å². The lowest BCUT2D eigenvalue weighted by Crippen LogP contribution is -2.29. The molecule has 1 atom stereocenters. The third kappa shape index (κ3) is 6.58. The van der Waals surface area contributed by atoms with Crippen LogP contribution in [0.4, 0.5) is 0 Å². The molecule has 1 unspecified atom stereocenters. The van der Waals surface area contributed by atoms with E-state index in [0.717, 1.165) is 19.6 Å². The first-order valence-corrected chi connectivity index (χ1v) is 5.71. The average molecular weight is 229 g/mol. The molecule has 0 fully saturated rings. The van der Waals surface area contributed by atoms with E-state index in [4.69, 9.17) is 9.47 Å². The molecule has 16 heavy (non-hydrogen) atoms. The van der Waals surface area contributed by atoms with Gasteiger partial charge in [0.1, 0.15) is 0 Å². The van der Waals surface area contributed by atoms with Gasteiger partial charge >= 0.3 is 5.97 Å². The molecular weight excluding hydrogens is 206 g/mol. The number of carbonyl (C=O) groups excluding carboxylic acids is 1. The average Bonchev–Trinajstić information content (AvgIpc) is 2.24. The predicted molar refractivity (Wildman–Crippen MR) is 64.1 cm³/mol. The lowest BCUT2D eigenvalue weighted by molar-refractivity contribution is -0.170. The molecule has 0 saturated heterocycles. The molecule has 0 aliphatic carbocycles. The van der Waals surface area contributed by atoms with Gasteiger partial charge in [-0.05, 0) is 26.9 Å². The Kier molecular flexibility index (Phi) is 7.85. The summed E-state index contributed by atoms with van der Waals surface area (Å²) in [7, 11) is 0. The number of hydrogen-bond acceptors (Lipinski definition) is 4. The highest BCUT2D eigenvalue weighted by Crippen LogP contribution is 2.00. The second-order valence-electron chi connectivity index (χ2n) is 3.65. The molecule has 94 valence electrons. The van der Waals surface area contributed by atoms with E-state index in [2.05, 4.69) is 25.3 Å². The van der Waals surface area contributed by atoms with Crippen molar-refractivity contribution in [3.05, 3.63) is 12.2 Å². The maximum absolute atomic E-state index is 11.2. The molecule has 0 saturated carbocycles. The summed E-state index contributed by atoms with van der Waals surface area (Å²) in [6.45, 7) is 14.5. The van der Waals surface area contributed by atoms with Crippen LogP contribution in [0.2, 0.25) is 0 Å². The Morgan fingerprint density at radius 2 is 1.94 bits per heavy atom. The highest BCUT2D eigenvalue weighted by Gasteiger charge is 2.10. The quantitative estimate of drug-likeness (QED) is 0.361. The number of esters is 1. The van der Waals surface area contributed by atoms with Crippen molar-refractivity contribution in [2.24, 2.45) is 0 Å². The van der Waals surface area contributed by atoms with Crippen molar-refractivity contribution in [1.29, 1.82) is 0 Å². The fraction of sp³-hybridized carbons (Fsp3) is 0.750. The summed E-state index contributed by atoms with van der Waals surface area (Å²) >= 11 is 0. The van der Waals surface area contributed by atoms with Crippen molar-refractivity contribution >= 4 is 5.97 Å². The Balaban J connectivity index is 3.69. The van der Waals surface area contributed by atoms with Crippen molar-refractivity contribution in [1.82, 2.24) is 4.90 Å². The first-order valence-electron chi connectivity index (χ1n) is 5.71. The molecule has 0 aliphatic rings. The van der Waals surface area contributed by atoms with Gasteiger partial charge in [-0.15, -0.1) is 0 Å². The summed E-state index contributed by atoms with van der Waals surface area (Å²) in [4.78, 5) is 13.4.